The monoisotopic (exact) mass is 259 g/mol. The maximum atomic E-state index is 9.43. The zero-order valence-corrected chi connectivity index (χ0v) is 8.98. The first-order valence-electron chi connectivity index (χ1n) is 4.30. The van der Waals surface area contributed by atoms with Crippen LogP contribution in [0.2, 0.25) is 0 Å². The number of aromatic nitrogens is 1. The van der Waals surface area contributed by atoms with E-state index in [0.717, 1.165) is 4.60 Å². The van der Waals surface area contributed by atoms with Crippen LogP contribution in [-0.2, 0) is 4.74 Å². The fourth-order valence-electron chi connectivity index (χ4n) is 1.24. The van der Waals surface area contributed by atoms with Gasteiger partial charge in [0.25, 0.3) is 0 Å². The minimum atomic E-state index is -0.543. The summed E-state index contributed by atoms with van der Waals surface area (Å²) in [6.45, 7) is 0.770. The molecule has 1 aromatic rings. The summed E-state index contributed by atoms with van der Waals surface area (Å²) in [7, 11) is 0. The average molecular weight is 260 g/mol. The van der Waals surface area contributed by atoms with Crippen LogP contribution in [0, 0.1) is 0 Å². The number of pyridine rings is 1. The second kappa shape index (κ2) is 4.25. The molecule has 0 aromatic carbocycles. The molecule has 1 aliphatic rings. The van der Waals surface area contributed by atoms with Gasteiger partial charge in [-0.15, -0.1) is 0 Å². The van der Waals surface area contributed by atoms with E-state index in [1.807, 2.05) is 0 Å². The molecule has 1 aliphatic heterocycles. The van der Waals surface area contributed by atoms with E-state index >= 15 is 0 Å². The van der Waals surface area contributed by atoms with Crippen molar-refractivity contribution in [1.29, 1.82) is 0 Å². The molecule has 2 atom stereocenters. The van der Waals surface area contributed by atoms with E-state index in [0.29, 0.717) is 19.0 Å². The number of rotatable bonds is 2. The van der Waals surface area contributed by atoms with Crippen LogP contribution in [0.15, 0.2) is 22.9 Å². The predicted molar refractivity (Wildman–Crippen MR) is 53.2 cm³/mol. The molecule has 0 bridgehead atoms. The van der Waals surface area contributed by atoms with Crippen LogP contribution in [0.5, 0.6) is 5.75 Å². The molecule has 0 spiro atoms. The molecular weight excluding hydrogens is 250 g/mol. The highest BCUT2D eigenvalue weighted by atomic mass is 79.9. The van der Waals surface area contributed by atoms with Crippen LogP contribution in [0.3, 0.4) is 0 Å². The lowest BCUT2D eigenvalue weighted by Crippen LogP contribution is -2.29. The molecule has 5 heteroatoms. The van der Waals surface area contributed by atoms with Gasteiger partial charge in [0.15, 0.2) is 0 Å². The van der Waals surface area contributed by atoms with Crippen molar-refractivity contribution >= 4 is 15.9 Å². The molecule has 4 nitrogen and oxygen atoms in total. The second-order valence-corrected chi connectivity index (χ2v) is 3.89. The van der Waals surface area contributed by atoms with Crippen molar-refractivity contribution in [3.05, 3.63) is 22.9 Å². The normalized spacial score (nSPS) is 26.4. The third-order valence-electron chi connectivity index (χ3n) is 1.99. The summed E-state index contributed by atoms with van der Waals surface area (Å²) < 4.78 is 11.3. The van der Waals surface area contributed by atoms with E-state index in [1.54, 1.807) is 18.3 Å². The molecule has 2 rings (SSSR count). The quantitative estimate of drug-likeness (QED) is 0.805. The molecule has 14 heavy (non-hydrogen) atoms. The van der Waals surface area contributed by atoms with Crippen molar-refractivity contribution in [3.8, 4) is 5.75 Å². The van der Waals surface area contributed by atoms with E-state index in [2.05, 4.69) is 20.9 Å². The SMILES string of the molecule is O[C@@H]1COC[C@H]1Oc1ccc(Br)nc1. The molecule has 0 radical (unpaired) electrons. The summed E-state index contributed by atoms with van der Waals surface area (Å²) in [4.78, 5) is 4.02. The third kappa shape index (κ3) is 2.23. The number of aliphatic hydroxyl groups is 1. The van der Waals surface area contributed by atoms with Gasteiger partial charge in [-0.05, 0) is 28.1 Å². The van der Waals surface area contributed by atoms with E-state index in [-0.39, 0.29) is 6.10 Å². The van der Waals surface area contributed by atoms with Gasteiger partial charge in [-0.3, -0.25) is 0 Å². The Morgan fingerprint density at radius 3 is 2.93 bits per heavy atom. The van der Waals surface area contributed by atoms with Gasteiger partial charge in [-0.1, -0.05) is 0 Å². The number of hydrogen-bond donors (Lipinski definition) is 1. The predicted octanol–water partition coefficient (Wildman–Crippen LogP) is 0.983. The zero-order chi connectivity index (χ0) is 9.97. The number of aliphatic hydroxyl groups excluding tert-OH is 1. The standard InChI is InChI=1S/C9H10BrNO3/c10-9-2-1-6(3-11-9)14-8-5-13-4-7(8)12/h1-3,7-8,12H,4-5H2/t7-,8-/m1/s1. The Labute approximate surface area is 90.0 Å². The van der Waals surface area contributed by atoms with Gasteiger partial charge < -0.3 is 14.6 Å². The largest absolute Gasteiger partial charge is 0.484 e. The van der Waals surface area contributed by atoms with E-state index in [1.165, 1.54) is 0 Å². The summed E-state index contributed by atoms with van der Waals surface area (Å²) in [6, 6.07) is 3.58. The fourth-order valence-corrected chi connectivity index (χ4v) is 1.48. The van der Waals surface area contributed by atoms with E-state index in [9.17, 15) is 5.11 Å². The van der Waals surface area contributed by atoms with Crippen LogP contribution in [0.25, 0.3) is 0 Å². The van der Waals surface area contributed by atoms with Gasteiger partial charge in [0.2, 0.25) is 0 Å². The number of hydrogen-bond acceptors (Lipinski definition) is 4. The molecule has 0 saturated carbocycles. The van der Waals surface area contributed by atoms with E-state index in [4.69, 9.17) is 9.47 Å². The lowest BCUT2D eigenvalue weighted by molar-refractivity contribution is 0.0731. The Kier molecular flexibility index (Phi) is 3.00. The molecule has 0 unspecified atom stereocenters. The second-order valence-electron chi connectivity index (χ2n) is 3.08. The van der Waals surface area contributed by atoms with Gasteiger partial charge in [0, 0.05) is 0 Å². The fraction of sp³-hybridized carbons (Fsp3) is 0.444. The molecule has 1 N–H and O–H groups in total. The number of nitrogens with zero attached hydrogens (tertiary/aromatic N) is 1. The van der Waals surface area contributed by atoms with Crippen molar-refractivity contribution in [2.24, 2.45) is 0 Å². The van der Waals surface area contributed by atoms with Crippen molar-refractivity contribution in [2.45, 2.75) is 12.2 Å². The Balaban J connectivity index is 2.00. The Bertz CT molecular complexity index is 303. The van der Waals surface area contributed by atoms with Crippen molar-refractivity contribution in [3.63, 3.8) is 0 Å². The summed E-state index contributed by atoms with van der Waals surface area (Å²) in [6.07, 6.45) is 0.784. The number of ether oxygens (including phenoxy) is 2. The van der Waals surface area contributed by atoms with Crippen LogP contribution in [-0.4, -0.2) is 35.5 Å². The van der Waals surface area contributed by atoms with Gasteiger partial charge in [-0.2, -0.15) is 0 Å². The minimum absolute atomic E-state index is 0.280. The first kappa shape index (κ1) is 9.89. The van der Waals surface area contributed by atoms with Gasteiger partial charge in [0.1, 0.15) is 22.6 Å². The average Bonchev–Trinajstić information content (AvgIpc) is 2.56. The highest BCUT2D eigenvalue weighted by molar-refractivity contribution is 9.10. The lowest BCUT2D eigenvalue weighted by atomic mass is 10.2. The summed E-state index contributed by atoms with van der Waals surface area (Å²) in [5.41, 5.74) is 0. The summed E-state index contributed by atoms with van der Waals surface area (Å²) in [5.74, 6) is 0.641. The minimum Gasteiger partial charge on any atom is -0.484 e. The Morgan fingerprint density at radius 1 is 1.50 bits per heavy atom. The topological polar surface area (TPSA) is 51.6 Å². The first-order chi connectivity index (χ1) is 6.75. The molecule has 1 fully saturated rings. The number of halogens is 1. The Hall–Kier alpha value is -0.650. The first-order valence-corrected chi connectivity index (χ1v) is 5.09. The van der Waals surface area contributed by atoms with Crippen molar-refractivity contribution in [1.82, 2.24) is 4.98 Å². The maximum Gasteiger partial charge on any atom is 0.150 e. The summed E-state index contributed by atoms with van der Waals surface area (Å²) >= 11 is 3.23. The van der Waals surface area contributed by atoms with Crippen molar-refractivity contribution in [2.75, 3.05) is 13.2 Å². The molecule has 2 heterocycles. The van der Waals surface area contributed by atoms with Gasteiger partial charge >= 0.3 is 0 Å². The van der Waals surface area contributed by atoms with Crippen molar-refractivity contribution < 1.29 is 14.6 Å². The zero-order valence-electron chi connectivity index (χ0n) is 7.39. The molecule has 76 valence electrons. The lowest BCUT2D eigenvalue weighted by Gasteiger charge is -2.14. The third-order valence-corrected chi connectivity index (χ3v) is 2.46. The molecular formula is C9H10BrNO3. The highest BCUT2D eigenvalue weighted by Crippen LogP contribution is 2.17. The molecule has 0 amide bonds. The van der Waals surface area contributed by atoms with Gasteiger partial charge in [0.05, 0.1) is 19.4 Å². The van der Waals surface area contributed by atoms with E-state index < -0.39 is 6.10 Å². The van der Waals surface area contributed by atoms with Crippen LogP contribution >= 0.6 is 15.9 Å². The van der Waals surface area contributed by atoms with Gasteiger partial charge in [-0.25, -0.2) is 4.98 Å². The Morgan fingerprint density at radius 2 is 2.36 bits per heavy atom. The maximum absolute atomic E-state index is 9.43. The van der Waals surface area contributed by atoms with Crippen LogP contribution in [0.1, 0.15) is 0 Å². The molecule has 1 saturated heterocycles. The smallest absolute Gasteiger partial charge is 0.150 e. The summed E-state index contributed by atoms with van der Waals surface area (Å²) in [5, 5.41) is 9.43. The highest BCUT2D eigenvalue weighted by Gasteiger charge is 2.27. The van der Waals surface area contributed by atoms with Crippen LogP contribution in [0.4, 0.5) is 0 Å². The molecule has 1 aromatic heterocycles. The molecule has 0 aliphatic carbocycles. The van der Waals surface area contributed by atoms with Crippen LogP contribution < -0.4 is 4.74 Å².